The van der Waals surface area contributed by atoms with E-state index in [1.807, 2.05) is 56.3 Å². The van der Waals surface area contributed by atoms with Crippen LogP contribution in [0.1, 0.15) is 19.4 Å². The summed E-state index contributed by atoms with van der Waals surface area (Å²) in [7, 11) is 0. The van der Waals surface area contributed by atoms with E-state index < -0.39 is 0 Å². The van der Waals surface area contributed by atoms with Gasteiger partial charge in [-0.3, -0.25) is 4.79 Å². The van der Waals surface area contributed by atoms with E-state index in [1.54, 1.807) is 0 Å². The molecule has 146 valence electrons. The lowest BCUT2D eigenvalue weighted by Crippen LogP contribution is -2.29. The van der Waals surface area contributed by atoms with Crippen molar-refractivity contribution in [1.29, 1.82) is 0 Å². The molecule has 1 N–H and O–H groups in total. The summed E-state index contributed by atoms with van der Waals surface area (Å²) < 4.78 is 18.0. The van der Waals surface area contributed by atoms with Crippen LogP contribution in [0.4, 0.5) is 0 Å². The number of ether oxygens (including phenoxy) is 3. The van der Waals surface area contributed by atoms with Crippen LogP contribution in [0.25, 0.3) is 0 Å². The zero-order chi connectivity index (χ0) is 20.0. The summed E-state index contributed by atoms with van der Waals surface area (Å²) in [6.07, 6.45) is 0.823. The maximum Gasteiger partial charge on any atom is 0.258 e. The van der Waals surface area contributed by atoms with Gasteiger partial charge in [0.25, 0.3) is 5.91 Å². The van der Waals surface area contributed by atoms with Crippen molar-refractivity contribution in [2.45, 2.75) is 25.9 Å². The maximum absolute atomic E-state index is 12.0. The summed E-state index contributed by atoms with van der Waals surface area (Å²) in [5.74, 6) is 7.53. The van der Waals surface area contributed by atoms with Gasteiger partial charge in [-0.1, -0.05) is 46.0 Å². The SMILES string of the molecule is CC1(C)Cc2cccc(OCC(=O)NCC#CCOc3cccc(Br)c3)c2O1. The quantitative estimate of drug-likeness (QED) is 0.690. The number of hydrogen-bond donors (Lipinski definition) is 1. The minimum atomic E-state index is -0.252. The summed E-state index contributed by atoms with van der Waals surface area (Å²) in [4.78, 5) is 12.0. The number of nitrogens with one attached hydrogen (secondary N) is 1. The Labute approximate surface area is 173 Å². The third kappa shape index (κ3) is 5.67. The first-order valence-electron chi connectivity index (χ1n) is 8.97. The molecule has 0 fully saturated rings. The molecule has 0 aromatic heterocycles. The molecule has 28 heavy (non-hydrogen) atoms. The van der Waals surface area contributed by atoms with Gasteiger partial charge < -0.3 is 19.5 Å². The minimum absolute atomic E-state index is 0.0868. The van der Waals surface area contributed by atoms with Crippen molar-refractivity contribution >= 4 is 21.8 Å². The minimum Gasteiger partial charge on any atom is -0.483 e. The van der Waals surface area contributed by atoms with Crippen LogP contribution >= 0.6 is 15.9 Å². The summed E-state index contributed by atoms with van der Waals surface area (Å²) in [6, 6.07) is 13.3. The van der Waals surface area contributed by atoms with Crippen LogP contribution < -0.4 is 19.5 Å². The van der Waals surface area contributed by atoms with Gasteiger partial charge in [-0.25, -0.2) is 0 Å². The number of amides is 1. The van der Waals surface area contributed by atoms with E-state index >= 15 is 0 Å². The van der Waals surface area contributed by atoms with E-state index in [0.29, 0.717) is 5.75 Å². The van der Waals surface area contributed by atoms with Crippen molar-refractivity contribution in [3.05, 3.63) is 52.5 Å². The molecule has 0 saturated heterocycles. The highest BCUT2D eigenvalue weighted by atomic mass is 79.9. The molecule has 0 bridgehead atoms. The Hall–Kier alpha value is -2.65. The van der Waals surface area contributed by atoms with Crippen molar-refractivity contribution in [2.24, 2.45) is 0 Å². The van der Waals surface area contributed by atoms with E-state index in [0.717, 1.165) is 28.0 Å². The topological polar surface area (TPSA) is 56.8 Å². The number of fused-ring (bicyclic) bond motifs is 1. The first kappa shape index (κ1) is 20.1. The van der Waals surface area contributed by atoms with Gasteiger partial charge in [-0.15, -0.1) is 0 Å². The van der Waals surface area contributed by atoms with E-state index in [1.165, 1.54) is 0 Å². The Kier molecular flexibility index (Phi) is 6.48. The largest absolute Gasteiger partial charge is 0.483 e. The molecule has 1 aliphatic rings. The smallest absolute Gasteiger partial charge is 0.258 e. The van der Waals surface area contributed by atoms with Crippen LogP contribution in [0.3, 0.4) is 0 Å². The average Bonchev–Trinajstić information content (AvgIpc) is 2.97. The third-order valence-electron chi connectivity index (χ3n) is 4.02. The first-order valence-corrected chi connectivity index (χ1v) is 9.77. The van der Waals surface area contributed by atoms with Crippen molar-refractivity contribution in [3.63, 3.8) is 0 Å². The molecule has 3 rings (SSSR count). The molecule has 6 heteroatoms. The molecule has 0 unspecified atom stereocenters. The van der Waals surface area contributed by atoms with Crippen LogP contribution in [0.15, 0.2) is 46.9 Å². The third-order valence-corrected chi connectivity index (χ3v) is 4.51. The van der Waals surface area contributed by atoms with Gasteiger partial charge in [-0.05, 0) is 38.1 Å². The number of para-hydroxylation sites is 1. The van der Waals surface area contributed by atoms with Crippen molar-refractivity contribution in [3.8, 4) is 29.1 Å². The fourth-order valence-corrected chi connectivity index (χ4v) is 3.21. The van der Waals surface area contributed by atoms with E-state index in [-0.39, 0.29) is 31.3 Å². The molecule has 1 aliphatic heterocycles. The number of carbonyl (C=O) groups excluding carboxylic acids is 1. The molecular formula is C22H22BrNO4. The number of carbonyl (C=O) groups is 1. The molecule has 0 atom stereocenters. The second kappa shape index (κ2) is 9.03. The highest BCUT2D eigenvalue weighted by Crippen LogP contribution is 2.41. The summed E-state index contributed by atoms with van der Waals surface area (Å²) >= 11 is 3.38. The van der Waals surface area contributed by atoms with Crippen molar-refractivity contribution in [1.82, 2.24) is 5.32 Å². The zero-order valence-electron chi connectivity index (χ0n) is 15.9. The number of rotatable bonds is 6. The lowest BCUT2D eigenvalue weighted by Gasteiger charge is -2.18. The second-order valence-corrected chi connectivity index (χ2v) is 7.86. The summed E-state index contributed by atoms with van der Waals surface area (Å²) in [5, 5.41) is 2.70. The van der Waals surface area contributed by atoms with Gasteiger partial charge in [-0.2, -0.15) is 0 Å². The standard InChI is InChI=1S/C22H22BrNO4/c1-22(2)14-16-7-5-10-19(21(16)28-22)27-15-20(25)24-11-3-4-12-26-18-9-6-8-17(23)13-18/h5-10,13H,11-12,14-15H2,1-2H3,(H,24,25). The average molecular weight is 444 g/mol. The van der Waals surface area contributed by atoms with Gasteiger partial charge in [0.15, 0.2) is 18.1 Å². The molecule has 1 amide bonds. The van der Waals surface area contributed by atoms with Crippen LogP contribution in [0.5, 0.6) is 17.2 Å². The van der Waals surface area contributed by atoms with Crippen LogP contribution in [-0.4, -0.2) is 31.3 Å². The summed E-state index contributed by atoms with van der Waals surface area (Å²) in [5.41, 5.74) is 0.844. The Morgan fingerprint density at radius 2 is 2.04 bits per heavy atom. The van der Waals surface area contributed by atoms with Crippen molar-refractivity contribution in [2.75, 3.05) is 19.8 Å². The molecule has 1 heterocycles. The van der Waals surface area contributed by atoms with E-state index in [2.05, 4.69) is 33.1 Å². The molecular weight excluding hydrogens is 422 g/mol. The van der Waals surface area contributed by atoms with Crippen molar-refractivity contribution < 1.29 is 19.0 Å². The monoisotopic (exact) mass is 443 g/mol. The fourth-order valence-electron chi connectivity index (χ4n) is 2.83. The Bertz CT molecular complexity index is 914. The molecule has 2 aromatic rings. The molecule has 0 spiro atoms. The van der Waals surface area contributed by atoms with Crippen LogP contribution in [-0.2, 0) is 11.2 Å². The van der Waals surface area contributed by atoms with E-state index in [4.69, 9.17) is 14.2 Å². The maximum atomic E-state index is 12.0. The number of hydrogen-bond acceptors (Lipinski definition) is 4. The molecule has 0 saturated carbocycles. The molecule has 0 aliphatic carbocycles. The number of benzene rings is 2. The predicted molar refractivity (Wildman–Crippen MR) is 111 cm³/mol. The lowest BCUT2D eigenvalue weighted by molar-refractivity contribution is -0.122. The normalized spacial score (nSPS) is 13.5. The predicted octanol–water partition coefficient (Wildman–Crippen LogP) is 3.74. The van der Waals surface area contributed by atoms with Gasteiger partial charge in [0.2, 0.25) is 0 Å². The van der Waals surface area contributed by atoms with Gasteiger partial charge in [0.05, 0.1) is 6.54 Å². The highest BCUT2D eigenvalue weighted by molar-refractivity contribution is 9.10. The van der Waals surface area contributed by atoms with Crippen LogP contribution in [0.2, 0.25) is 0 Å². The second-order valence-electron chi connectivity index (χ2n) is 6.95. The van der Waals surface area contributed by atoms with Gasteiger partial charge >= 0.3 is 0 Å². The number of halogens is 1. The Morgan fingerprint density at radius 3 is 2.86 bits per heavy atom. The Morgan fingerprint density at radius 1 is 1.21 bits per heavy atom. The van der Waals surface area contributed by atoms with Crippen LogP contribution in [0, 0.1) is 11.8 Å². The van der Waals surface area contributed by atoms with Gasteiger partial charge in [0.1, 0.15) is 18.0 Å². The Balaban J connectivity index is 1.39. The van der Waals surface area contributed by atoms with Gasteiger partial charge in [0, 0.05) is 16.5 Å². The lowest BCUT2D eigenvalue weighted by atomic mass is 10.0. The first-order chi connectivity index (χ1) is 13.4. The summed E-state index contributed by atoms with van der Waals surface area (Å²) in [6.45, 7) is 4.47. The fraction of sp³-hybridized carbons (Fsp3) is 0.318. The highest BCUT2D eigenvalue weighted by Gasteiger charge is 2.32. The molecule has 0 radical (unpaired) electrons. The van der Waals surface area contributed by atoms with E-state index in [9.17, 15) is 4.79 Å². The molecule has 5 nitrogen and oxygen atoms in total. The molecule has 2 aromatic carbocycles. The zero-order valence-corrected chi connectivity index (χ0v) is 17.5.